The number of esters is 1. The van der Waals surface area contributed by atoms with Crippen molar-refractivity contribution in [3.05, 3.63) is 0 Å². The minimum absolute atomic E-state index is 0.00924. The number of rotatable bonds is 3. The average molecular weight is 198 g/mol. The first-order valence-corrected chi connectivity index (χ1v) is 4.98. The molecule has 0 heterocycles. The van der Waals surface area contributed by atoms with Crippen molar-refractivity contribution in [3.63, 3.8) is 0 Å². The smallest absolute Gasteiger partial charge is 0.309 e. The Morgan fingerprint density at radius 1 is 1.43 bits per heavy atom. The van der Waals surface area contributed by atoms with Gasteiger partial charge >= 0.3 is 11.9 Å². The van der Waals surface area contributed by atoms with Crippen LogP contribution < -0.4 is 0 Å². The van der Waals surface area contributed by atoms with Crippen LogP contribution in [0, 0.1) is 17.3 Å². The maximum atomic E-state index is 11.3. The molecule has 0 aromatic rings. The van der Waals surface area contributed by atoms with Crippen molar-refractivity contribution in [2.45, 2.75) is 26.2 Å². The Morgan fingerprint density at radius 2 is 2.07 bits per heavy atom. The molecule has 14 heavy (non-hydrogen) atoms. The first kappa shape index (κ1) is 9.49. The number of hydrogen-bond donors (Lipinski definition) is 1. The van der Waals surface area contributed by atoms with Gasteiger partial charge in [0.2, 0.25) is 0 Å². The van der Waals surface area contributed by atoms with E-state index in [-0.39, 0.29) is 23.2 Å². The second-order valence-corrected chi connectivity index (χ2v) is 4.31. The summed E-state index contributed by atoms with van der Waals surface area (Å²) in [5, 5.41) is 8.71. The molecule has 1 atom stereocenters. The molecule has 1 spiro atoms. The zero-order valence-electron chi connectivity index (χ0n) is 8.16. The van der Waals surface area contributed by atoms with E-state index in [0.29, 0.717) is 19.4 Å². The molecule has 0 amide bonds. The molecule has 0 bridgehead atoms. The molecule has 4 heteroatoms. The molecule has 0 aromatic carbocycles. The van der Waals surface area contributed by atoms with E-state index in [4.69, 9.17) is 9.84 Å². The Kier molecular flexibility index (Phi) is 2.01. The fraction of sp³-hybridized carbons (Fsp3) is 0.800. The van der Waals surface area contributed by atoms with Crippen molar-refractivity contribution in [3.8, 4) is 0 Å². The van der Waals surface area contributed by atoms with E-state index < -0.39 is 5.97 Å². The molecule has 0 saturated heterocycles. The second kappa shape index (κ2) is 2.97. The maximum absolute atomic E-state index is 11.3. The normalized spacial score (nSPS) is 38.9. The molecule has 2 rings (SSSR count). The predicted molar refractivity (Wildman–Crippen MR) is 47.5 cm³/mol. The van der Waals surface area contributed by atoms with Crippen LogP contribution in [0.2, 0.25) is 0 Å². The number of aliphatic carboxylic acids is 1. The third-order valence-corrected chi connectivity index (χ3v) is 3.42. The Bertz CT molecular complexity index is 278. The van der Waals surface area contributed by atoms with Crippen LogP contribution in [0.25, 0.3) is 0 Å². The molecule has 2 fully saturated rings. The van der Waals surface area contributed by atoms with Crippen LogP contribution in [0.3, 0.4) is 0 Å². The summed E-state index contributed by atoms with van der Waals surface area (Å²) in [5.74, 6) is -1.12. The zero-order chi connectivity index (χ0) is 10.3. The Balaban J connectivity index is 1.83. The largest absolute Gasteiger partial charge is 0.481 e. The SMILES string of the molecule is CCOC(=O)[C@H]1CC12CC(C(=O)O)C2. The highest BCUT2D eigenvalue weighted by Gasteiger charge is 2.66. The molecule has 2 aliphatic rings. The fourth-order valence-electron chi connectivity index (χ4n) is 2.47. The lowest BCUT2D eigenvalue weighted by atomic mass is 9.70. The van der Waals surface area contributed by atoms with Gasteiger partial charge in [-0.1, -0.05) is 0 Å². The van der Waals surface area contributed by atoms with Crippen molar-refractivity contribution < 1.29 is 19.4 Å². The minimum atomic E-state index is -0.731. The van der Waals surface area contributed by atoms with Crippen molar-refractivity contribution in [2.24, 2.45) is 17.3 Å². The van der Waals surface area contributed by atoms with Gasteiger partial charge in [-0.3, -0.25) is 9.59 Å². The van der Waals surface area contributed by atoms with Crippen LogP contribution in [0.5, 0.6) is 0 Å². The highest BCUT2D eigenvalue weighted by Crippen LogP contribution is 2.67. The number of carbonyl (C=O) groups excluding carboxylic acids is 1. The summed E-state index contributed by atoms with van der Waals surface area (Å²) in [6, 6.07) is 0. The van der Waals surface area contributed by atoms with Crippen LogP contribution in [-0.2, 0) is 14.3 Å². The van der Waals surface area contributed by atoms with Crippen LogP contribution in [0.4, 0.5) is 0 Å². The lowest BCUT2D eigenvalue weighted by molar-refractivity contribution is -0.152. The molecule has 4 nitrogen and oxygen atoms in total. The number of ether oxygens (including phenoxy) is 1. The summed E-state index contributed by atoms with van der Waals surface area (Å²) in [4.78, 5) is 21.9. The third kappa shape index (κ3) is 1.29. The summed E-state index contributed by atoms with van der Waals surface area (Å²) in [6.45, 7) is 2.20. The molecule has 1 N–H and O–H groups in total. The number of carboxylic acids is 1. The van der Waals surface area contributed by atoms with Crippen molar-refractivity contribution >= 4 is 11.9 Å². The van der Waals surface area contributed by atoms with E-state index in [1.807, 2.05) is 0 Å². The second-order valence-electron chi connectivity index (χ2n) is 4.31. The average Bonchev–Trinajstić information content (AvgIpc) is 2.75. The highest BCUT2D eigenvalue weighted by molar-refractivity contribution is 5.79. The summed E-state index contributed by atoms with van der Waals surface area (Å²) >= 11 is 0. The number of carboxylic acid groups (broad SMARTS) is 1. The Hall–Kier alpha value is -1.06. The van der Waals surface area contributed by atoms with Crippen LogP contribution in [0.1, 0.15) is 26.2 Å². The van der Waals surface area contributed by atoms with Crippen LogP contribution in [-0.4, -0.2) is 23.7 Å². The van der Waals surface area contributed by atoms with E-state index in [9.17, 15) is 9.59 Å². The van der Waals surface area contributed by atoms with Crippen molar-refractivity contribution in [1.29, 1.82) is 0 Å². The minimum Gasteiger partial charge on any atom is -0.481 e. The van der Waals surface area contributed by atoms with Crippen LogP contribution in [0.15, 0.2) is 0 Å². The van der Waals surface area contributed by atoms with Gasteiger partial charge in [0.25, 0.3) is 0 Å². The van der Waals surface area contributed by atoms with E-state index in [1.54, 1.807) is 6.92 Å². The molecule has 0 unspecified atom stereocenters. The Labute approximate surface area is 82.2 Å². The first-order chi connectivity index (χ1) is 6.59. The molecular formula is C10H14O4. The van der Waals surface area contributed by atoms with E-state index in [2.05, 4.69) is 0 Å². The highest BCUT2D eigenvalue weighted by atomic mass is 16.5. The standard InChI is InChI=1S/C10H14O4/c1-2-14-9(13)7-5-10(7)3-6(4-10)8(11)12/h6-7H,2-5H2,1H3,(H,11,12)/t6?,7-,10?/m1/s1. The number of hydrogen-bond acceptors (Lipinski definition) is 3. The van der Waals surface area contributed by atoms with E-state index >= 15 is 0 Å². The van der Waals surface area contributed by atoms with Gasteiger partial charge in [0, 0.05) is 0 Å². The summed E-state index contributed by atoms with van der Waals surface area (Å²) in [7, 11) is 0. The van der Waals surface area contributed by atoms with Gasteiger partial charge in [0.1, 0.15) is 0 Å². The fourth-order valence-corrected chi connectivity index (χ4v) is 2.47. The number of carbonyl (C=O) groups is 2. The summed E-state index contributed by atoms with van der Waals surface area (Å²) in [6.07, 6.45) is 2.15. The van der Waals surface area contributed by atoms with E-state index in [1.165, 1.54) is 0 Å². The molecular weight excluding hydrogens is 184 g/mol. The molecule has 0 radical (unpaired) electrons. The lowest BCUT2D eigenvalue weighted by Crippen LogP contribution is -2.34. The summed E-state index contributed by atoms with van der Waals surface area (Å²) < 4.78 is 4.91. The van der Waals surface area contributed by atoms with Gasteiger partial charge in [-0.2, -0.15) is 0 Å². The predicted octanol–water partition coefficient (Wildman–Crippen LogP) is 1.05. The summed E-state index contributed by atoms with van der Waals surface area (Å²) in [5.41, 5.74) is 0.00924. The van der Waals surface area contributed by atoms with Gasteiger partial charge < -0.3 is 9.84 Å². The quantitative estimate of drug-likeness (QED) is 0.688. The van der Waals surface area contributed by atoms with Crippen molar-refractivity contribution in [2.75, 3.05) is 6.61 Å². The van der Waals surface area contributed by atoms with Gasteiger partial charge in [-0.05, 0) is 31.6 Å². The molecule has 2 aliphatic carbocycles. The first-order valence-electron chi connectivity index (χ1n) is 4.98. The maximum Gasteiger partial charge on any atom is 0.309 e. The third-order valence-electron chi connectivity index (χ3n) is 3.42. The van der Waals surface area contributed by atoms with Gasteiger partial charge in [0.05, 0.1) is 18.4 Å². The molecule has 0 aliphatic heterocycles. The van der Waals surface area contributed by atoms with Crippen LogP contribution >= 0.6 is 0 Å². The van der Waals surface area contributed by atoms with Gasteiger partial charge in [-0.15, -0.1) is 0 Å². The zero-order valence-corrected chi connectivity index (χ0v) is 8.16. The monoisotopic (exact) mass is 198 g/mol. The molecule has 78 valence electrons. The lowest BCUT2D eigenvalue weighted by Gasteiger charge is -2.33. The molecule has 2 saturated carbocycles. The van der Waals surface area contributed by atoms with Gasteiger partial charge in [-0.25, -0.2) is 0 Å². The van der Waals surface area contributed by atoms with Gasteiger partial charge in [0.15, 0.2) is 0 Å². The van der Waals surface area contributed by atoms with Crippen molar-refractivity contribution in [1.82, 2.24) is 0 Å². The topological polar surface area (TPSA) is 63.6 Å². The Morgan fingerprint density at radius 3 is 2.57 bits per heavy atom. The molecule has 0 aromatic heterocycles. The van der Waals surface area contributed by atoms with E-state index in [0.717, 1.165) is 6.42 Å².